The predicted molar refractivity (Wildman–Crippen MR) is 70.7 cm³/mol. The molecule has 0 aliphatic rings. The number of rotatable bonds is 2. The fraction of sp³-hybridized carbons (Fsp3) is 0.0909. The maximum absolute atomic E-state index is 13.6. The van der Waals surface area contributed by atoms with E-state index in [1.54, 1.807) is 6.07 Å². The van der Waals surface area contributed by atoms with Gasteiger partial charge in [0.15, 0.2) is 0 Å². The van der Waals surface area contributed by atoms with E-state index >= 15 is 0 Å². The van der Waals surface area contributed by atoms with Crippen molar-refractivity contribution in [3.05, 3.63) is 50.9 Å². The largest absolute Gasteiger partial charge is 0.506 e. The minimum absolute atomic E-state index is 0. The maximum atomic E-state index is 13.6. The fourth-order valence-corrected chi connectivity index (χ4v) is 2.36. The van der Waals surface area contributed by atoms with Crippen molar-refractivity contribution in [1.29, 1.82) is 0 Å². The van der Waals surface area contributed by atoms with Crippen LogP contribution in [0.3, 0.4) is 0 Å². The first-order valence-electron chi connectivity index (χ1n) is 4.57. The molecule has 17 heavy (non-hydrogen) atoms. The Hall–Kier alpha value is -0.810. The van der Waals surface area contributed by atoms with Crippen molar-refractivity contribution in [2.24, 2.45) is 5.73 Å². The van der Waals surface area contributed by atoms with Crippen LogP contribution in [0.1, 0.15) is 16.5 Å². The highest BCUT2D eigenvalue weighted by atomic mass is 35.5. The van der Waals surface area contributed by atoms with Crippen LogP contribution in [-0.4, -0.2) is 5.11 Å². The summed E-state index contributed by atoms with van der Waals surface area (Å²) in [7, 11) is 0. The van der Waals surface area contributed by atoms with Gasteiger partial charge in [0.05, 0.1) is 16.6 Å². The lowest BCUT2D eigenvalue weighted by Crippen LogP contribution is -2.12. The number of phenols is 1. The molecular weight excluding hydrogens is 284 g/mol. The molecule has 0 saturated carbocycles. The molecule has 1 heterocycles. The molecule has 92 valence electrons. The first-order chi connectivity index (χ1) is 7.61. The van der Waals surface area contributed by atoms with E-state index in [1.807, 2.05) is 11.4 Å². The van der Waals surface area contributed by atoms with E-state index in [9.17, 15) is 9.50 Å². The van der Waals surface area contributed by atoms with E-state index in [2.05, 4.69) is 0 Å². The molecule has 0 saturated heterocycles. The SMILES string of the molecule is Cl.N[C@@H](c1cccs1)c1c(F)ccc(Cl)c1O. The minimum atomic E-state index is -0.696. The van der Waals surface area contributed by atoms with Crippen LogP contribution in [0, 0.1) is 5.82 Å². The maximum Gasteiger partial charge on any atom is 0.142 e. The van der Waals surface area contributed by atoms with Crippen molar-refractivity contribution in [1.82, 2.24) is 0 Å². The molecule has 6 heteroatoms. The molecule has 2 nitrogen and oxygen atoms in total. The Bertz CT molecular complexity index is 504. The van der Waals surface area contributed by atoms with Gasteiger partial charge in [0, 0.05) is 4.88 Å². The molecule has 1 aromatic heterocycles. The van der Waals surface area contributed by atoms with Crippen molar-refractivity contribution in [3.63, 3.8) is 0 Å². The highest BCUT2D eigenvalue weighted by molar-refractivity contribution is 7.10. The van der Waals surface area contributed by atoms with Crippen LogP contribution in [0.2, 0.25) is 5.02 Å². The van der Waals surface area contributed by atoms with Gasteiger partial charge in [-0.05, 0) is 23.6 Å². The van der Waals surface area contributed by atoms with Gasteiger partial charge < -0.3 is 10.8 Å². The van der Waals surface area contributed by atoms with Crippen LogP contribution in [0.4, 0.5) is 4.39 Å². The first-order valence-corrected chi connectivity index (χ1v) is 5.83. The molecule has 0 spiro atoms. The van der Waals surface area contributed by atoms with E-state index in [-0.39, 0.29) is 28.7 Å². The third-order valence-electron chi connectivity index (χ3n) is 2.28. The summed E-state index contributed by atoms with van der Waals surface area (Å²) in [5.74, 6) is -0.842. The average Bonchev–Trinajstić information content (AvgIpc) is 2.77. The van der Waals surface area contributed by atoms with Crippen molar-refractivity contribution in [2.45, 2.75) is 6.04 Å². The molecule has 0 aliphatic heterocycles. The number of aromatic hydroxyl groups is 1. The zero-order chi connectivity index (χ0) is 11.7. The van der Waals surface area contributed by atoms with Crippen molar-refractivity contribution >= 4 is 35.3 Å². The second-order valence-electron chi connectivity index (χ2n) is 3.28. The Morgan fingerprint density at radius 2 is 2.06 bits per heavy atom. The van der Waals surface area contributed by atoms with Gasteiger partial charge in [-0.2, -0.15) is 0 Å². The van der Waals surface area contributed by atoms with Crippen LogP contribution in [-0.2, 0) is 0 Å². The van der Waals surface area contributed by atoms with Gasteiger partial charge in [0.1, 0.15) is 11.6 Å². The second kappa shape index (κ2) is 5.69. The molecular formula is C11H10Cl2FNOS. The summed E-state index contributed by atoms with van der Waals surface area (Å²) < 4.78 is 13.6. The van der Waals surface area contributed by atoms with E-state index < -0.39 is 11.9 Å². The molecule has 0 amide bonds. The number of phenolic OH excluding ortho intramolecular Hbond substituents is 1. The number of thiophene rings is 1. The Morgan fingerprint density at radius 3 is 2.65 bits per heavy atom. The molecule has 0 radical (unpaired) electrons. The number of nitrogens with two attached hydrogens (primary N) is 1. The standard InChI is InChI=1S/C11H9ClFNOS.ClH/c12-6-3-4-7(13)9(11(6)15)10(14)8-2-1-5-16-8;/h1-5,10,15H,14H2;1H/t10-;/m0./s1. The summed E-state index contributed by atoms with van der Waals surface area (Å²) in [5.41, 5.74) is 5.92. The number of halogens is 3. The lowest BCUT2D eigenvalue weighted by atomic mass is 10.0. The topological polar surface area (TPSA) is 46.2 Å². The molecule has 0 aliphatic carbocycles. The van der Waals surface area contributed by atoms with Gasteiger partial charge in [-0.3, -0.25) is 0 Å². The molecule has 1 aromatic carbocycles. The number of hydrogen-bond acceptors (Lipinski definition) is 3. The summed E-state index contributed by atoms with van der Waals surface area (Å²) in [6, 6.07) is 5.41. The molecule has 2 rings (SSSR count). The quantitative estimate of drug-likeness (QED) is 0.886. The fourth-order valence-electron chi connectivity index (χ4n) is 1.46. The highest BCUT2D eigenvalue weighted by Gasteiger charge is 2.20. The monoisotopic (exact) mass is 293 g/mol. The summed E-state index contributed by atoms with van der Waals surface area (Å²) in [6.45, 7) is 0. The third-order valence-corrected chi connectivity index (χ3v) is 3.54. The summed E-state index contributed by atoms with van der Waals surface area (Å²) in [5, 5.41) is 11.6. The van der Waals surface area contributed by atoms with Crippen LogP contribution in [0.25, 0.3) is 0 Å². The van der Waals surface area contributed by atoms with Crippen LogP contribution in [0.5, 0.6) is 5.75 Å². The highest BCUT2D eigenvalue weighted by Crippen LogP contribution is 2.36. The van der Waals surface area contributed by atoms with E-state index in [0.29, 0.717) is 0 Å². The van der Waals surface area contributed by atoms with Crippen LogP contribution < -0.4 is 5.73 Å². The summed E-state index contributed by atoms with van der Waals surface area (Å²) in [4.78, 5) is 0.775. The van der Waals surface area contributed by atoms with Gasteiger partial charge in [-0.25, -0.2) is 4.39 Å². The van der Waals surface area contributed by atoms with Gasteiger partial charge in [0.2, 0.25) is 0 Å². The zero-order valence-corrected chi connectivity index (χ0v) is 11.0. The lowest BCUT2D eigenvalue weighted by molar-refractivity contribution is 0.455. The molecule has 0 unspecified atom stereocenters. The first kappa shape index (κ1) is 14.3. The molecule has 1 atom stereocenters. The van der Waals surface area contributed by atoms with Crippen LogP contribution in [0.15, 0.2) is 29.6 Å². The third kappa shape index (κ3) is 2.72. The number of benzene rings is 1. The Labute approximate surface area is 113 Å². The second-order valence-corrected chi connectivity index (χ2v) is 4.67. The summed E-state index contributed by atoms with van der Waals surface area (Å²) >= 11 is 7.13. The predicted octanol–water partition coefficient (Wildman–Crippen LogP) is 3.72. The van der Waals surface area contributed by atoms with E-state index in [4.69, 9.17) is 17.3 Å². The Morgan fingerprint density at radius 1 is 1.35 bits per heavy atom. The zero-order valence-electron chi connectivity index (χ0n) is 8.56. The van der Waals surface area contributed by atoms with Gasteiger partial charge in [-0.1, -0.05) is 17.7 Å². The van der Waals surface area contributed by atoms with Crippen molar-refractivity contribution in [2.75, 3.05) is 0 Å². The van der Waals surface area contributed by atoms with Crippen molar-refractivity contribution < 1.29 is 9.50 Å². The molecule has 2 aromatic rings. The smallest absolute Gasteiger partial charge is 0.142 e. The van der Waals surface area contributed by atoms with Gasteiger partial charge in [-0.15, -0.1) is 23.7 Å². The molecule has 3 N–H and O–H groups in total. The van der Waals surface area contributed by atoms with E-state index in [1.165, 1.54) is 23.5 Å². The van der Waals surface area contributed by atoms with Gasteiger partial charge >= 0.3 is 0 Å². The van der Waals surface area contributed by atoms with Crippen molar-refractivity contribution in [3.8, 4) is 5.75 Å². The molecule has 0 bridgehead atoms. The number of hydrogen-bond donors (Lipinski definition) is 2. The summed E-state index contributed by atoms with van der Waals surface area (Å²) in [6.07, 6.45) is 0. The van der Waals surface area contributed by atoms with Gasteiger partial charge in [0.25, 0.3) is 0 Å². The van der Waals surface area contributed by atoms with E-state index in [0.717, 1.165) is 4.88 Å². The minimum Gasteiger partial charge on any atom is -0.506 e. The average molecular weight is 294 g/mol. The Kier molecular flexibility index (Phi) is 4.77. The molecule has 0 fully saturated rings. The lowest BCUT2D eigenvalue weighted by Gasteiger charge is -2.13. The normalized spacial score (nSPS) is 11.9. The Balaban J connectivity index is 0.00000144. The van der Waals surface area contributed by atoms with Crippen LogP contribution >= 0.6 is 35.3 Å².